The molecule has 0 saturated carbocycles. The molecular formula is C11H16BrNO. The molecule has 0 aliphatic rings. The standard InChI is InChI=1S/C11H16BrNO/c1-8-4-5-9(7-10(8)12)11(13)3-2-6-14/h4-5,7,11,14H,2-3,6,13H2,1H3/t11-/m0/s1. The van der Waals surface area contributed by atoms with Crippen LogP contribution in [-0.2, 0) is 0 Å². The lowest BCUT2D eigenvalue weighted by Gasteiger charge is -2.12. The lowest BCUT2D eigenvalue weighted by atomic mass is 10.0. The Kier molecular flexibility index (Phi) is 4.58. The van der Waals surface area contributed by atoms with Gasteiger partial charge in [0.1, 0.15) is 0 Å². The van der Waals surface area contributed by atoms with Gasteiger partial charge < -0.3 is 10.8 Å². The third kappa shape index (κ3) is 3.08. The molecule has 3 N–H and O–H groups in total. The Morgan fingerprint density at radius 2 is 2.21 bits per heavy atom. The van der Waals surface area contributed by atoms with E-state index in [9.17, 15) is 0 Å². The third-order valence-electron chi connectivity index (χ3n) is 2.30. The molecule has 1 atom stereocenters. The second-order valence-electron chi connectivity index (χ2n) is 3.48. The van der Waals surface area contributed by atoms with Gasteiger partial charge in [0.25, 0.3) is 0 Å². The predicted molar refractivity (Wildman–Crippen MR) is 62.1 cm³/mol. The lowest BCUT2D eigenvalue weighted by Crippen LogP contribution is -2.10. The molecule has 14 heavy (non-hydrogen) atoms. The highest BCUT2D eigenvalue weighted by atomic mass is 79.9. The maximum absolute atomic E-state index is 8.70. The Morgan fingerprint density at radius 3 is 2.79 bits per heavy atom. The number of rotatable bonds is 4. The monoisotopic (exact) mass is 257 g/mol. The first-order chi connectivity index (χ1) is 6.65. The van der Waals surface area contributed by atoms with Gasteiger partial charge in [0, 0.05) is 17.1 Å². The second kappa shape index (κ2) is 5.49. The lowest BCUT2D eigenvalue weighted by molar-refractivity contribution is 0.280. The summed E-state index contributed by atoms with van der Waals surface area (Å²) in [7, 11) is 0. The summed E-state index contributed by atoms with van der Waals surface area (Å²) >= 11 is 3.48. The molecule has 3 heteroatoms. The molecule has 0 bridgehead atoms. The van der Waals surface area contributed by atoms with Gasteiger partial charge in [0.15, 0.2) is 0 Å². The van der Waals surface area contributed by atoms with Crippen molar-refractivity contribution in [2.24, 2.45) is 5.73 Å². The molecule has 78 valence electrons. The van der Waals surface area contributed by atoms with Crippen molar-refractivity contribution in [2.75, 3.05) is 6.61 Å². The van der Waals surface area contributed by atoms with Crippen molar-refractivity contribution in [3.63, 3.8) is 0 Å². The SMILES string of the molecule is Cc1ccc([C@@H](N)CCCO)cc1Br. The van der Waals surface area contributed by atoms with Gasteiger partial charge in [-0.05, 0) is 37.0 Å². The molecule has 0 radical (unpaired) electrons. The molecule has 1 aromatic carbocycles. The molecule has 0 amide bonds. The molecule has 0 aliphatic heterocycles. The Morgan fingerprint density at radius 1 is 1.50 bits per heavy atom. The summed E-state index contributed by atoms with van der Waals surface area (Å²) in [5.41, 5.74) is 8.30. The van der Waals surface area contributed by atoms with Crippen LogP contribution in [0.15, 0.2) is 22.7 Å². The van der Waals surface area contributed by atoms with Crippen LogP contribution in [0.1, 0.15) is 30.0 Å². The van der Waals surface area contributed by atoms with Crippen LogP contribution in [0.5, 0.6) is 0 Å². The fraction of sp³-hybridized carbons (Fsp3) is 0.455. The minimum atomic E-state index is 0.0269. The van der Waals surface area contributed by atoms with Gasteiger partial charge in [-0.2, -0.15) is 0 Å². The number of benzene rings is 1. The second-order valence-corrected chi connectivity index (χ2v) is 4.34. The molecule has 2 nitrogen and oxygen atoms in total. The zero-order valence-corrected chi connectivity index (χ0v) is 9.92. The van der Waals surface area contributed by atoms with Crippen molar-refractivity contribution in [3.05, 3.63) is 33.8 Å². The quantitative estimate of drug-likeness (QED) is 0.871. The summed E-state index contributed by atoms with van der Waals surface area (Å²) in [6.45, 7) is 2.26. The summed E-state index contributed by atoms with van der Waals surface area (Å²) in [5, 5.41) is 8.70. The smallest absolute Gasteiger partial charge is 0.0431 e. The van der Waals surface area contributed by atoms with Crippen molar-refractivity contribution in [2.45, 2.75) is 25.8 Å². The predicted octanol–water partition coefficient (Wildman–Crippen LogP) is 2.53. The Labute approximate surface area is 93.3 Å². The van der Waals surface area contributed by atoms with Crippen LogP contribution in [0.3, 0.4) is 0 Å². The normalized spacial score (nSPS) is 12.9. The van der Waals surface area contributed by atoms with Crippen LogP contribution in [0.25, 0.3) is 0 Å². The molecule has 1 aromatic rings. The largest absolute Gasteiger partial charge is 0.396 e. The number of aryl methyl sites for hydroxylation is 1. The van der Waals surface area contributed by atoms with E-state index < -0.39 is 0 Å². The zero-order chi connectivity index (χ0) is 10.6. The van der Waals surface area contributed by atoms with Gasteiger partial charge in [-0.15, -0.1) is 0 Å². The van der Waals surface area contributed by atoms with Crippen LogP contribution < -0.4 is 5.73 Å². The molecule has 0 aromatic heterocycles. The van der Waals surface area contributed by atoms with Gasteiger partial charge >= 0.3 is 0 Å². The van der Waals surface area contributed by atoms with E-state index in [-0.39, 0.29) is 12.6 Å². The van der Waals surface area contributed by atoms with Crippen LogP contribution in [0, 0.1) is 6.92 Å². The minimum Gasteiger partial charge on any atom is -0.396 e. The van der Waals surface area contributed by atoms with E-state index in [0.717, 1.165) is 22.9 Å². The molecule has 0 saturated heterocycles. The van der Waals surface area contributed by atoms with Crippen LogP contribution >= 0.6 is 15.9 Å². The molecule has 0 spiro atoms. The number of aliphatic hydroxyl groups is 1. The fourth-order valence-electron chi connectivity index (χ4n) is 1.32. The van der Waals surface area contributed by atoms with Gasteiger partial charge in [0.2, 0.25) is 0 Å². The fourth-order valence-corrected chi connectivity index (χ4v) is 1.71. The van der Waals surface area contributed by atoms with Crippen molar-refractivity contribution in [1.29, 1.82) is 0 Å². The maximum atomic E-state index is 8.70. The Hall–Kier alpha value is -0.380. The van der Waals surface area contributed by atoms with E-state index in [2.05, 4.69) is 28.1 Å². The highest BCUT2D eigenvalue weighted by molar-refractivity contribution is 9.10. The van der Waals surface area contributed by atoms with Gasteiger partial charge in [0.05, 0.1) is 0 Å². The maximum Gasteiger partial charge on any atom is 0.0431 e. The number of aliphatic hydroxyl groups excluding tert-OH is 1. The Bertz CT molecular complexity index is 301. The summed E-state index contributed by atoms with van der Waals surface area (Å²) < 4.78 is 1.09. The van der Waals surface area contributed by atoms with E-state index in [0.29, 0.717) is 0 Å². The van der Waals surface area contributed by atoms with Crippen LogP contribution in [-0.4, -0.2) is 11.7 Å². The first-order valence-electron chi connectivity index (χ1n) is 4.77. The van der Waals surface area contributed by atoms with Crippen molar-refractivity contribution < 1.29 is 5.11 Å². The van der Waals surface area contributed by atoms with Crippen molar-refractivity contribution >= 4 is 15.9 Å². The van der Waals surface area contributed by atoms with Crippen LogP contribution in [0.4, 0.5) is 0 Å². The first-order valence-corrected chi connectivity index (χ1v) is 5.57. The van der Waals surface area contributed by atoms with E-state index in [1.165, 1.54) is 5.56 Å². The van der Waals surface area contributed by atoms with Crippen molar-refractivity contribution in [1.82, 2.24) is 0 Å². The average molecular weight is 258 g/mol. The molecule has 0 heterocycles. The van der Waals surface area contributed by atoms with E-state index in [4.69, 9.17) is 10.8 Å². The summed E-state index contributed by atoms with van der Waals surface area (Å²) in [6.07, 6.45) is 1.58. The first kappa shape index (κ1) is 11.7. The van der Waals surface area contributed by atoms with Gasteiger partial charge in [-0.3, -0.25) is 0 Å². The van der Waals surface area contributed by atoms with E-state index in [1.54, 1.807) is 0 Å². The van der Waals surface area contributed by atoms with E-state index in [1.807, 2.05) is 13.0 Å². The number of halogens is 1. The van der Waals surface area contributed by atoms with Crippen molar-refractivity contribution in [3.8, 4) is 0 Å². The Balaban J connectivity index is 2.70. The zero-order valence-electron chi connectivity index (χ0n) is 8.33. The molecule has 0 aliphatic carbocycles. The summed E-state index contributed by atoms with van der Waals surface area (Å²) in [6, 6.07) is 6.18. The molecule has 1 rings (SSSR count). The molecule has 0 fully saturated rings. The highest BCUT2D eigenvalue weighted by Crippen LogP contribution is 2.22. The number of hydrogen-bond donors (Lipinski definition) is 2. The average Bonchev–Trinajstić information content (AvgIpc) is 2.18. The molecule has 0 unspecified atom stereocenters. The van der Waals surface area contributed by atoms with Gasteiger partial charge in [-0.1, -0.05) is 28.1 Å². The topological polar surface area (TPSA) is 46.2 Å². The number of nitrogens with two attached hydrogens (primary N) is 1. The van der Waals surface area contributed by atoms with E-state index >= 15 is 0 Å². The third-order valence-corrected chi connectivity index (χ3v) is 3.15. The number of hydrogen-bond acceptors (Lipinski definition) is 2. The molecular weight excluding hydrogens is 242 g/mol. The van der Waals surface area contributed by atoms with Crippen LogP contribution in [0.2, 0.25) is 0 Å². The van der Waals surface area contributed by atoms with Gasteiger partial charge in [-0.25, -0.2) is 0 Å². The summed E-state index contributed by atoms with van der Waals surface area (Å²) in [5.74, 6) is 0. The minimum absolute atomic E-state index is 0.0269. The highest BCUT2D eigenvalue weighted by Gasteiger charge is 2.06. The summed E-state index contributed by atoms with van der Waals surface area (Å²) in [4.78, 5) is 0.